The number of amides is 1. The molecule has 88 valence electrons. The average molecular weight is 244 g/mol. The number of halogens is 1. The van der Waals surface area contributed by atoms with E-state index in [1.807, 2.05) is 20.8 Å². The van der Waals surface area contributed by atoms with Gasteiger partial charge in [-0.15, -0.1) is 0 Å². The first-order chi connectivity index (χ1) is 7.30. The largest absolute Gasteiger partial charge is 0.465 e. The Balaban J connectivity index is 2.84. The van der Waals surface area contributed by atoms with Crippen LogP contribution in [-0.4, -0.2) is 31.6 Å². The zero-order chi connectivity index (χ0) is 12.3. The molecule has 1 aromatic rings. The molecule has 0 aliphatic carbocycles. The Hall–Kier alpha value is -1.36. The molecule has 0 aromatic carbocycles. The SMILES string of the molecule is CC(C)(C)N(Cc1cnc(Cl)cn1)C(=O)O. The van der Waals surface area contributed by atoms with Crippen molar-refractivity contribution in [3.63, 3.8) is 0 Å². The van der Waals surface area contributed by atoms with Gasteiger partial charge in [0.2, 0.25) is 0 Å². The fourth-order valence-electron chi connectivity index (χ4n) is 1.17. The molecule has 6 heteroatoms. The second kappa shape index (κ2) is 4.65. The lowest BCUT2D eigenvalue weighted by Crippen LogP contribution is -2.44. The van der Waals surface area contributed by atoms with Crippen LogP contribution in [0.25, 0.3) is 0 Å². The monoisotopic (exact) mass is 243 g/mol. The molecule has 0 saturated carbocycles. The van der Waals surface area contributed by atoms with E-state index >= 15 is 0 Å². The summed E-state index contributed by atoms with van der Waals surface area (Å²) in [4.78, 5) is 20.2. The first-order valence-corrected chi connectivity index (χ1v) is 5.15. The van der Waals surface area contributed by atoms with Crippen molar-refractivity contribution in [2.24, 2.45) is 0 Å². The van der Waals surface area contributed by atoms with Crippen molar-refractivity contribution in [1.29, 1.82) is 0 Å². The smallest absolute Gasteiger partial charge is 0.408 e. The molecule has 16 heavy (non-hydrogen) atoms. The molecule has 0 aliphatic heterocycles. The highest BCUT2D eigenvalue weighted by Crippen LogP contribution is 2.16. The van der Waals surface area contributed by atoms with Crippen LogP contribution in [0.5, 0.6) is 0 Å². The van der Waals surface area contributed by atoms with Crippen molar-refractivity contribution in [2.75, 3.05) is 0 Å². The van der Waals surface area contributed by atoms with Crippen LogP contribution in [0.3, 0.4) is 0 Å². The molecule has 0 atom stereocenters. The normalized spacial score (nSPS) is 11.2. The van der Waals surface area contributed by atoms with Crippen LogP contribution in [0.15, 0.2) is 12.4 Å². The number of aromatic nitrogens is 2. The van der Waals surface area contributed by atoms with Crippen molar-refractivity contribution < 1.29 is 9.90 Å². The number of hydrogen-bond acceptors (Lipinski definition) is 3. The molecule has 0 fully saturated rings. The number of carboxylic acid groups (broad SMARTS) is 1. The van der Waals surface area contributed by atoms with Crippen LogP contribution in [0.2, 0.25) is 5.15 Å². The maximum atomic E-state index is 11.1. The maximum absolute atomic E-state index is 11.1. The molecule has 1 N–H and O–H groups in total. The minimum absolute atomic E-state index is 0.197. The summed E-state index contributed by atoms with van der Waals surface area (Å²) in [6.45, 7) is 5.67. The molecular weight excluding hydrogens is 230 g/mol. The van der Waals surface area contributed by atoms with Crippen molar-refractivity contribution in [2.45, 2.75) is 32.9 Å². The molecule has 0 spiro atoms. The van der Waals surface area contributed by atoms with Crippen molar-refractivity contribution in [3.8, 4) is 0 Å². The van der Waals surface area contributed by atoms with Crippen LogP contribution in [0, 0.1) is 0 Å². The van der Waals surface area contributed by atoms with E-state index < -0.39 is 11.6 Å². The van der Waals surface area contributed by atoms with Gasteiger partial charge in [-0.3, -0.25) is 9.88 Å². The van der Waals surface area contributed by atoms with Gasteiger partial charge < -0.3 is 5.11 Å². The minimum atomic E-state index is -0.982. The van der Waals surface area contributed by atoms with Crippen LogP contribution in [-0.2, 0) is 6.54 Å². The third kappa shape index (κ3) is 3.34. The van der Waals surface area contributed by atoms with Gasteiger partial charge >= 0.3 is 6.09 Å². The number of nitrogens with zero attached hydrogens (tertiary/aromatic N) is 3. The first kappa shape index (κ1) is 12.7. The maximum Gasteiger partial charge on any atom is 0.408 e. The van der Waals surface area contributed by atoms with E-state index in [2.05, 4.69) is 9.97 Å². The molecule has 0 radical (unpaired) electrons. The standard InChI is InChI=1S/C10H14ClN3O2/c1-10(2,3)14(9(15)16)6-7-4-13-8(11)5-12-7/h4-5H,6H2,1-3H3,(H,15,16). The summed E-state index contributed by atoms with van der Waals surface area (Å²) in [5, 5.41) is 9.37. The fourth-order valence-corrected chi connectivity index (χ4v) is 1.27. The Morgan fingerprint density at radius 2 is 2.06 bits per heavy atom. The number of hydrogen-bond donors (Lipinski definition) is 1. The summed E-state index contributed by atoms with van der Waals surface area (Å²) in [6, 6.07) is 0. The summed E-state index contributed by atoms with van der Waals surface area (Å²) in [7, 11) is 0. The lowest BCUT2D eigenvalue weighted by atomic mass is 10.1. The Morgan fingerprint density at radius 3 is 2.44 bits per heavy atom. The van der Waals surface area contributed by atoms with Crippen molar-refractivity contribution >= 4 is 17.7 Å². The lowest BCUT2D eigenvalue weighted by Gasteiger charge is -2.32. The van der Waals surface area contributed by atoms with Gasteiger partial charge in [0.15, 0.2) is 0 Å². The molecule has 0 saturated heterocycles. The molecule has 1 amide bonds. The molecule has 0 unspecified atom stereocenters. The highest BCUT2D eigenvalue weighted by molar-refractivity contribution is 6.29. The van der Waals surface area contributed by atoms with Gasteiger partial charge in [0.25, 0.3) is 0 Å². The molecule has 1 rings (SSSR count). The minimum Gasteiger partial charge on any atom is -0.465 e. The zero-order valence-corrected chi connectivity index (χ0v) is 10.2. The highest BCUT2D eigenvalue weighted by atomic mass is 35.5. The van der Waals surface area contributed by atoms with E-state index in [4.69, 9.17) is 16.7 Å². The van der Waals surface area contributed by atoms with E-state index in [0.717, 1.165) is 0 Å². The van der Waals surface area contributed by atoms with Gasteiger partial charge in [-0.25, -0.2) is 9.78 Å². The van der Waals surface area contributed by atoms with Crippen molar-refractivity contribution in [1.82, 2.24) is 14.9 Å². The van der Waals surface area contributed by atoms with Gasteiger partial charge in [0.05, 0.1) is 24.6 Å². The molecular formula is C10H14ClN3O2. The molecule has 5 nitrogen and oxygen atoms in total. The number of carbonyl (C=O) groups is 1. The predicted octanol–water partition coefficient (Wildman–Crippen LogP) is 2.41. The third-order valence-electron chi connectivity index (χ3n) is 2.03. The summed E-state index contributed by atoms with van der Waals surface area (Å²) in [5.41, 5.74) is 0.0920. The number of rotatable bonds is 2. The van der Waals surface area contributed by atoms with Crippen LogP contribution in [0.4, 0.5) is 4.79 Å². The Morgan fingerprint density at radius 1 is 1.44 bits per heavy atom. The van der Waals surface area contributed by atoms with E-state index in [0.29, 0.717) is 10.8 Å². The summed E-state index contributed by atoms with van der Waals surface area (Å²) in [5.74, 6) is 0. The summed E-state index contributed by atoms with van der Waals surface area (Å²) in [6.07, 6.45) is 1.90. The fraction of sp³-hybridized carbons (Fsp3) is 0.500. The van der Waals surface area contributed by atoms with Crippen molar-refractivity contribution in [3.05, 3.63) is 23.2 Å². The molecule has 0 bridgehead atoms. The third-order valence-corrected chi connectivity index (χ3v) is 2.23. The van der Waals surface area contributed by atoms with Gasteiger partial charge in [-0.1, -0.05) is 11.6 Å². The molecule has 0 aliphatic rings. The average Bonchev–Trinajstić information content (AvgIpc) is 2.14. The Labute approximate surface area is 99.1 Å². The quantitative estimate of drug-likeness (QED) is 0.866. The van der Waals surface area contributed by atoms with Crippen LogP contribution in [0.1, 0.15) is 26.5 Å². The van der Waals surface area contributed by atoms with Crippen LogP contribution >= 0.6 is 11.6 Å². The van der Waals surface area contributed by atoms with E-state index in [1.54, 1.807) is 0 Å². The molecule has 1 aromatic heterocycles. The van der Waals surface area contributed by atoms with Gasteiger partial charge in [-0.05, 0) is 20.8 Å². The second-order valence-corrected chi connectivity index (χ2v) is 4.76. The summed E-state index contributed by atoms with van der Waals surface area (Å²) < 4.78 is 0. The highest BCUT2D eigenvalue weighted by Gasteiger charge is 2.26. The predicted molar refractivity (Wildman–Crippen MR) is 60.4 cm³/mol. The molecule has 1 heterocycles. The summed E-state index contributed by atoms with van der Waals surface area (Å²) >= 11 is 5.60. The first-order valence-electron chi connectivity index (χ1n) is 4.77. The van der Waals surface area contributed by atoms with Crippen LogP contribution < -0.4 is 0 Å². The van der Waals surface area contributed by atoms with E-state index in [1.165, 1.54) is 17.3 Å². The Bertz CT molecular complexity index is 373. The van der Waals surface area contributed by atoms with E-state index in [9.17, 15) is 4.79 Å². The topological polar surface area (TPSA) is 66.3 Å². The zero-order valence-electron chi connectivity index (χ0n) is 9.44. The van der Waals surface area contributed by atoms with E-state index in [-0.39, 0.29) is 6.54 Å². The van der Waals surface area contributed by atoms with Gasteiger partial charge in [0, 0.05) is 5.54 Å². The second-order valence-electron chi connectivity index (χ2n) is 4.37. The Kier molecular flexibility index (Phi) is 3.70. The van der Waals surface area contributed by atoms with Gasteiger partial charge in [0.1, 0.15) is 5.15 Å². The van der Waals surface area contributed by atoms with Gasteiger partial charge in [-0.2, -0.15) is 0 Å². The lowest BCUT2D eigenvalue weighted by molar-refractivity contribution is 0.0946.